The summed E-state index contributed by atoms with van der Waals surface area (Å²) in [5.74, 6) is 0. The molecule has 3 heteroatoms. The molecule has 0 atom stereocenters. The van der Waals surface area contributed by atoms with Crippen LogP contribution >= 0.6 is 15.9 Å². The number of aromatic nitrogens is 1. The quantitative estimate of drug-likeness (QED) is 0.647. The van der Waals surface area contributed by atoms with E-state index in [0.29, 0.717) is 0 Å². The molecule has 0 aliphatic carbocycles. The van der Waals surface area contributed by atoms with Gasteiger partial charge in [-0.1, -0.05) is 0 Å². The standard InChI is InChI=1S/C8H7BrN2/c9-7-5-10-4-6-2-1-3-11-8(6)7/h3-5H,1-2H2. The Hall–Kier alpha value is -0.700. The zero-order valence-electron chi connectivity index (χ0n) is 5.92. The largest absolute Gasteiger partial charge is 0.263 e. The molecule has 0 saturated heterocycles. The number of aliphatic imine (C=N–C) groups is 1. The molecule has 0 aromatic carbocycles. The molecule has 0 spiro atoms. The van der Waals surface area contributed by atoms with E-state index >= 15 is 0 Å². The van der Waals surface area contributed by atoms with E-state index in [2.05, 4.69) is 25.9 Å². The van der Waals surface area contributed by atoms with Crippen LogP contribution in [0.3, 0.4) is 0 Å². The average Bonchev–Trinajstić information content (AvgIpc) is 2.06. The van der Waals surface area contributed by atoms with Gasteiger partial charge in [-0.15, -0.1) is 0 Å². The minimum atomic E-state index is 0.992. The van der Waals surface area contributed by atoms with Gasteiger partial charge in [0.25, 0.3) is 0 Å². The van der Waals surface area contributed by atoms with Crippen LogP contribution in [0.1, 0.15) is 12.0 Å². The minimum absolute atomic E-state index is 0.992. The van der Waals surface area contributed by atoms with Crippen molar-refractivity contribution in [3.05, 3.63) is 22.4 Å². The van der Waals surface area contributed by atoms with Gasteiger partial charge in [0.15, 0.2) is 0 Å². The zero-order valence-corrected chi connectivity index (χ0v) is 7.50. The van der Waals surface area contributed by atoms with E-state index in [1.54, 1.807) is 6.20 Å². The molecule has 1 aliphatic heterocycles. The maximum atomic E-state index is 4.28. The van der Waals surface area contributed by atoms with Crippen molar-refractivity contribution in [2.45, 2.75) is 12.8 Å². The van der Waals surface area contributed by atoms with E-state index in [-0.39, 0.29) is 0 Å². The second-order valence-electron chi connectivity index (χ2n) is 2.48. The van der Waals surface area contributed by atoms with Crippen LogP contribution in [0.2, 0.25) is 0 Å². The van der Waals surface area contributed by atoms with Gasteiger partial charge in [-0.05, 0) is 34.3 Å². The molecule has 0 fully saturated rings. The number of rotatable bonds is 0. The molecule has 1 aliphatic rings. The van der Waals surface area contributed by atoms with Crippen molar-refractivity contribution < 1.29 is 0 Å². The monoisotopic (exact) mass is 210 g/mol. The minimum Gasteiger partial charge on any atom is -0.263 e. The number of nitrogens with zero attached hydrogens (tertiary/aromatic N) is 2. The third-order valence-electron chi connectivity index (χ3n) is 1.71. The highest BCUT2D eigenvalue weighted by atomic mass is 79.9. The summed E-state index contributed by atoms with van der Waals surface area (Å²) in [6.07, 6.45) is 7.71. The Morgan fingerprint density at radius 2 is 2.27 bits per heavy atom. The molecule has 2 heterocycles. The second kappa shape index (κ2) is 2.74. The normalized spacial score (nSPS) is 14.6. The first-order valence-corrected chi connectivity index (χ1v) is 4.32. The topological polar surface area (TPSA) is 25.2 Å². The smallest absolute Gasteiger partial charge is 0.0830 e. The Labute approximate surface area is 73.5 Å². The fraction of sp³-hybridized carbons (Fsp3) is 0.250. The van der Waals surface area contributed by atoms with Gasteiger partial charge in [0, 0.05) is 18.6 Å². The van der Waals surface area contributed by atoms with Gasteiger partial charge in [-0.25, -0.2) is 0 Å². The SMILES string of the molecule is Brc1cncc2c1N=CCC2. The highest BCUT2D eigenvalue weighted by Crippen LogP contribution is 2.30. The molecule has 2 nitrogen and oxygen atoms in total. The third kappa shape index (κ3) is 1.20. The molecule has 0 saturated carbocycles. The van der Waals surface area contributed by atoms with Crippen LogP contribution < -0.4 is 0 Å². The summed E-state index contributed by atoms with van der Waals surface area (Å²) in [4.78, 5) is 8.36. The van der Waals surface area contributed by atoms with Crippen LogP contribution in [0.5, 0.6) is 0 Å². The first-order chi connectivity index (χ1) is 5.38. The number of halogens is 1. The maximum Gasteiger partial charge on any atom is 0.0830 e. The van der Waals surface area contributed by atoms with Gasteiger partial charge in [0.1, 0.15) is 0 Å². The van der Waals surface area contributed by atoms with E-state index < -0.39 is 0 Å². The molecule has 0 bridgehead atoms. The van der Waals surface area contributed by atoms with Crippen molar-refractivity contribution in [2.75, 3.05) is 0 Å². The highest BCUT2D eigenvalue weighted by molar-refractivity contribution is 9.10. The Kier molecular flexibility index (Phi) is 1.74. The molecule has 0 radical (unpaired) electrons. The summed E-state index contributed by atoms with van der Waals surface area (Å²) >= 11 is 3.41. The van der Waals surface area contributed by atoms with E-state index in [1.807, 2.05) is 12.4 Å². The molecule has 1 aromatic heterocycles. The van der Waals surface area contributed by atoms with Crippen molar-refractivity contribution in [3.8, 4) is 0 Å². The lowest BCUT2D eigenvalue weighted by Gasteiger charge is -2.08. The number of hydrogen-bond acceptors (Lipinski definition) is 2. The van der Waals surface area contributed by atoms with Gasteiger partial charge in [-0.2, -0.15) is 0 Å². The fourth-order valence-corrected chi connectivity index (χ4v) is 1.65. The van der Waals surface area contributed by atoms with Gasteiger partial charge in [0.2, 0.25) is 0 Å². The van der Waals surface area contributed by atoms with E-state index in [1.165, 1.54) is 5.56 Å². The van der Waals surface area contributed by atoms with Gasteiger partial charge >= 0.3 is 0 Å². The van der Waals surface area contributed by atoms with Gasteiger partial charge < -0.3 is 0 Å². The lowest BCUT2D eigenvalue weighted by molar-refractivity contribution is 1.00. The molecule has 0 amide bonds. The van der Waals surface area contributed by atoms with Crippen LogP contribution in [0.25, 0.3) is 0 Å². The van der Waals surface area contributed by atoms with Crippen molar-refractivity contribution in [1.82, 2.24) is 4.98 Å². The van der Waals surface area contributed by atoms with Crippen molar-refractivity contribution in [3.63, 3.8) is 0 Å². The van der Waals surface area contributed by atoms with Crippen molar-refractivity contribution in [2.24, 2.45) is 4.99 Å². The Balaban J connectivity index is 2.60. The number of hydrogen-bond donors (Lipinski definition) is 0. The zero-order chi connectivity index (χ0) is 7.68. The number of aryl methyl sites for hydroxylation is 1. The summed E-state index contributed by atoms with van der Waals surface area (Å²) in [6, 6.07) is 0. The summed E-state index contributed by atoms with van der Waals surface area (Å²) in [6.45, 7) is 0. The average molecular weight is 211 g/mol. The van der Waals surface area contributed by atoms with Crippen molar-refractivity contribution in [1.29, 1.82) is 0 Å². The van der Waals surface area contributed by atoms with E-state index in [9.17, 15) is 0 Å². The molecule has 56 valence electrons. The highest BCUT2D eigenvalue weighted by Gasteiger charge is 2.07. The summed E-state index contributed by atoms with van der Waals surface area (Å²) in [7, 11) is 0. The predicted molar refractivity (Wildman–Crippen MR) is 48.4 cm³/mol. The maximum absolute atomic E-state index is 4.28. The fourth-order valence-electron chi connectivity index (χ4n) is 1.17. The molecule has 0 unspecified atom stereocenters. The van der Waals surface area contributed by atoms with Crippen LogP contribution in [0.4, 0.5) is 5.69 Å². The molecule has 2 rings (SSSR count). The molecule has 1 aromatic rings. The molecular weight excluding hydrogens is 204 g/mol. The predicted octanol–water partition coefficient (Wildman–Crippen LogP) is 2.49. The second-order valence-corrected chi connectivity index (χ2v) is 3.33. The Bertz CT molecular complexity index is 307. The van der Waals surface area contributed by atoms with E-state index in [0.717, 1.165) is 23.0 Å². The van der Waals surface area contributed by atoms with Crippen LogP contribution in [0, 0.1) is 0 Å². The van der Waals surface area contributed by atoms with E-state index in [4.69, 9.17) is 0 Å². The summed E-state index contributed by atoms with van der Waals surface area (Å²) in [5, 5.41) is 0. The van der Waals surface area contributed by atoms with Gasteiger partial charge in [0.05, 0.1) is 10.2 Å². The number of fused-ring (bicyclic) bond motifs is 1. The lowest BCUT2D eigenvalue weighted by atomic mass is 10.1. The molecule has 0 N–H and O–H groups in total. The van der Waals surface area contributed by atoms with Crippen molar-refractivity contribution >= 4 is 27.8 Å². The first kappa shape index (κ1) is 6.98. The Morgan fingerprint density at radius 3 is 3.09 bits per heavy atom. The molecule has 11 heavy (non-hydrogen) atoms. The third-order valence-corrected chi connectivity index (χ3v) is 2.29. The summed E-state index contributed by atoms with van der Waals surface area (Å²) < 4.78 is 0.992. The molecular formula is C8H7BrN2. The van der Waals surface area contributed by atoms with Crippen LogP contribution in [0.15, 0.2) is 21.9 Å². The van der Waals surface area contributed by atoms with Gasteiger partial charge in [-0.3, -0.25) is 9.98 Å². The van der Waals surface area contributed by atoms with Crippen LogP contribution in [-0.4, -0.2) is 11.2 Å². The number of pyridine rings is 1. The summed E-state index contributed by atoms with van der Waals surface area (Å²) in [5.41, 5.74) is 2.29. The first-order valence-electron chi connectivity index (χ1n) is 3.53. The lowest BCUT2D eigenvalue weighted by Crippen LogP contribution is -1.94. The Morgan fingerprint density at radius 1 is 1.36 bits per heavy atom. The van der Waals surface area contributed by atoms with Crippen LogP contribution in [-0.2, 0) is 6.42 Å².